The van der Waals surface area contributed by atoms with E-state index in [-0.39, 0.29) is 5.91 Å². The van der Waals surface area contributed by atoms with Crippen molar-refractivity contribution in [1.82, 2.24) is 5.32 Å². The first kappa shape index (κ1) is 18.7. The summed E-state index contributed by atoms with van der Waals surface area (Å²) in [5.74, 6) is -0.370. The van der Waals surface area contributed by atoms with Crippen LogP contribution in [-0.4, -0.2) is 46.9 Å². The fraction of sp³-hybridized carbons (Fsp3) is 0.500. The summed E-state index contributed by atoms with van der Waals surface area (Å²) in [6, 6.07) is 5.58. The third-order valence-electron chi connectivity index (χ3n) is 3.00. The number of amides is 1. The van der Waals surface area contributed by atoms with Crippen LogP contribution in [0.5, 0.6) is 0 Å². The molecule has 0 saturated heterocycles. The van der Waals surface area contributed by atoms with Crippen molar-refractivity contribution in [2.75, 3.05) is 30.8 Å². The Morgan fingerprint density at radius 2 is 2.14 bits per heavy atom. The lowest BCUT2D eigenvalue weighted by Crippen LogP contribution is -2.49. The van der Waals surface area contributed by atoms with E-state index in [0.717, 1.165) is 10.6 Å². The van der Waals surface area contributed by atoms with E-state index in [4.69, 9.17) is 16.3 Å². The quantitative estimate of drug-likeness (QED) is 0.725. The lowest BCUT2D eigenvalue weighted by molar-refractivity contribution is -0.122. The Hall–Kier alpha value is -1.31. The molecule has 0 saturated carbocycles. The van der Waals surface area contributed by atoms with Gasteiger partial charge in [-0.1, -0.05) is 24.6 Å². The molecule has 1 atom stereocenters. The van der Waals surface area contributed by atoms with Gasteiger partial charge in [0, 0.05) is 18.7 Å². The number of benzene rings is 1. The average Bonchev–Trinajstić information content (AvgIpc) is 2.43. The van der Waals surface area contributed by atoms with Gasteiger partial charge in [0.1, 0.15) is 6.04 Å². The van der Waals surface area contributed by atoms with Crippen LogP contribution in [0.1, 0.15) is 13.3 Å². The zero-order chi connectivity index (χ0) is 16.8. The van der Waals surface area contributed by atoms with Gasteiger partial charge in [-0.3, -0.25) is 9.10 Å². The molecule has 1 amide bonds. The number of carbonyl (C=O) groups excluding carboxylic acids is 1. The Labute approximate surface area is 136 Å². The van der Waals surface area contributed by atoms with Gasteiger partial charge in [-0.05, 0) is 24.6 Å². The van der Waals surface area contributed by atoms with E-state index in [1.54, 1.807) is 25.1 Å². The summed E-state index contributed by atoms with van der Waals surface area (Å²) in [4.78, 5) is 12.3. The number of rotatable bonds is 8. The van der Waals surface area contributed by atoms with Gasteiger partial charge in [-0.15, -0.1) is 0 Å². The first-order valence-electron chi connectivity index (χ1n) is 6.82. The zero-order valence-corrected chi connectivity index (χ0v) is 14.4. The molecule has 22 heavy (non-hydrogen) atoms. The number of sulfonamides is 1. The lowest BCUT2D eigenvalue weighted by Gasteiger charge is -2.30. The number of halogens is 1. The van der Waals surface area contributed by atoms with Gasteiger partial charge in [-0.25, -0.2) is 8.42 Å². The number of anilines is 1. The van der Waals surface area contributed by atoms with Crippen molar-refractivity contribution in [3.05, 3.63) is 29.3 Å². The van der Waals surface area contributed by atoms with Gasteiger partial charge >= 0.3 is 0 Å². The highest BCUT2D eigenvalue weighted by Crippen LogP contribution is 2.25. The summed E-state index contributed by atoms with van der Waals surface area (Å²) in [7, 11) is -2.11. The van der Waals surface area contributed by atoms with Crippen LogP contribution >= 0.6 is 11.6 Å². The molecule has 6 nitrogen and oxygen atoms in total. The second-order valence-electron chi connectivity index (χ2n) is 4.75. The number of carbonyl (C=O) groups is 1. The maximum atomic E-state index is 12.3. The number of nitrogens with zero attached hydrogens (tertiary/aromatic N) is 1. The smallest absolute Gasteiger partial charge is 0.243 e. The number of ether oxygens (including phenoxy) is 1. The van der Waals surface area contributed by atoms with Gasteiger partial charge in [0.05, 0.1) is 18.6 Å². The van der Waals surface area contributed by atoms with Crippen LogP contribution in [0.4, 0.5) is 5.69 Å². The fourth-order valence-electron chi connectivity index (χ4n) is 2.07. The SMILES string of the molecule is CCC(C(=O)NCCOC)N(c1cccc(Cl)c1)S(C)(=O)=O. The van der Waals surface area contributed by atoms with Crippen molar-refractivity contribution in [2.24, 2.45) is 0 Å². The molecule has 0 radical (unpaired) electrons. The molecule has 0 heterocycles. The Balaban J connectivity index is 3.12. The average molecular weight is 349 g/mol. The van der Waals surface area contributed by atoms with Crippen LogP contribution in [0.25, 0.3) is 0 Å². The maximum Gasteiger partial charge on any atom is 0.243 e. The molecule has 124 valence electrons. The van der Waals surface area contributed by atoms with Gasteiger partial charge < -0.3 is 10.1 Å². The minimum absolute atomic E-state index is 0.318. The number of hydrogen-bond donors (Lipinski definition) is 1. The Morgan fingerprint density at radius 1 is 1.45 bits per heavy atom. The van der Waals surface area contributed by atoms with Gasteiger partial charge in [0.2, 0.25) is 15.9 Å². The molecule has 0 aliphatic heterocycles. The summed E-state index contributed by atoms with van der Waals surface area (Å²) in [6.45, 7) is 2.43. The molecule has 1 unspecified atom stereocenters. The number of nitrogens with one attached hydrogen (secondary N) is 1. The van der Waals surface area contributed by atoms with Crippen molar-refractivity contribution in [2.45, 2.75) is 19.4 Å². The predicted molar refractivity (Wildman–Crippen MR) is 87.7 cm³/mol. The Kier molecular flexibility index (Phi) is 7.12. The molecule has 0 aliphatic rings. The van der Waals surface area contributed by atoms with Gasteiger partial charge in [0.15, 0.2) is 0 Å². The topological polar surface area (TPSA) is 75.7 Å². The molecule has 1 N–H and O–H groups in total. The molecule has 0 bridgehead atoms. The number of methoxy groups -OCH3 is 1. The Bertz CT molecular complexity index is 607. The predicted octanol–water partition coefficient (Wildman–Crippen LogP) is 1.65. The minimum Gasteiger partial charge on any atom is -0.383 e. The van der Waals surface area contributed by atoms with Crippen LogP contribution in [0, 0.1) is 0 Å². The van der Waals surface area contributed by atoms with Crippen LogP contribution < -0.4 is 9.62 Å². The summed E-state index contributed by atoms with van der Waals surface area (Å²) in [6.07, 6.45) is 1.40. The molecule has 1 aromatic carbocycles. The standard InChI is InChI=1S/C14H21ClN2O4S/c1-4-13(14(18)16-8-9-21-2)17(22(3,19)20)12-7-5-6-11(15)10-12/h5-7,10,13H,4,8-9H2,1-3H3,(H,16,18). The van der Waals surface area contributed by atoms with Crippen LogP contribution in [0.2, 0.25) is 5.02 Å². The third-order valence-corrected chi connectivity index (χ3v) is 4.41. The monoisotopic (exact) mass is 348 g/mol. The van der Waals surface area contributed by atoms with E-state index in [2.05, 4.69) is 5.32 Å². The summed E-state index contributed by atoms with van der Waals surface area (Å²) < 4.78 is 30.3. The normalized spacial score (nSPS) is 12.7. The van der Waals surface area contributed by atoms with Gasteiger partial charge in [-0.2, -0.15) is 0 Å². The highest BCUT2D eigenvalue weighted by Gasteiger charge is 2.31. The zero-order valence-electron chi connectivity index (χ0n) is 12.9. The van der Waals surface area contributed by atoms with Crippen LogP contribution in [-0.2, 0) is 19.6 Å². The minimum atomic E-state index is -3.64. The summed E-state index contributed by atoms with van der Waals surface area (Å²) in [5.41, 5.74) is 0.365. The molecule has 8 heteroatoms. The summed E-state index contributed by atoms with van der Waals surface area (Å²) >= 11 is 5.93. The molecular weight excluding hydrogens is 328 g/mol. The van der Waals surface area contributed by atoms with E-state index in [9.17, 15) is 13.2 Å². The highest BCUT2D eigenvalue weighted by molar-refractivity contribution is 7.92. The molecule has 1 rings (SSSR count). The molecular formula is C14H21ClN2O4S. The first-order chi connectivity index (χ1) is 10.3. The van der Waals surface area contributed by atoms with Crippen LogP contribution in [0.15, 0.2) is 24.3 Å². The fourth-order valence-corrected chi connectivity index (χ4v) is 3.46. The molecule has 0 fully saturated rings. The van der Waals surface area contributed by atoms with E-state index >= 15 is 0 Å². The maximum absolute atomic E-state index is 12.3. The second-order valence-corrected chi connectivity index (χ2v) is 7.04. The molecule has 0 aromatic heterocycles. The molecule has 0 spiro atoms. The van der Waals surface area contributed by atoms with E-state index in [1.165, 1.54) is 13.2 Å². The van der Waals surface area contributed by atoms with E-state index in [1.807, 2.05) is 0 Å². The van der Waals surface area contributed by atoms with Crippen molar-refractivity contribution in [3.8, 4) is 0 Å². The largest absolute Gasteiger partial charge is 0.383 e. The van der Waals surface area contributed by atoms with Crippen molar-refractivity contribution in [3.63, 3.8) is 0 Å². The summed E-state index contributed by atoms with van der Waals surface area (Å²) in [5, 5.41) is 3.07. The van der Waals surface area contributed by atoms with Crippen LogP contribution in [0.3, 0.4) is 0 Å². The lowest BCUT2D eigenvalue weighted by atomic mass is 10.2. The van der Waals surface area contributed by atoms with Crippen molar-refractivity contribution in [1.29, 1.82) is 0 Å². The molecule has 1 aromatic rings. The highest BCUT2D eigenvalue weighted by atomic mass is 35.5. The van der Waals surface area contributed by atoms with Crippen molar-refractivity contribution >= 4 is 33.2 Å². The second kappa shape index (κ2) is 8.36. The molecule has 0 aliphatic carbocycles. The van der Waals surface area contributed by atoms with Crippen molar-refractivity contribution < 1.29 is 17.9 Å². The van der Waals surface area contributed by atoms with E-state index in [0.29, 0.717) is 30.3 Å². The Morgan fingerprint density at radius 3 is 2.64 bits per heavy atom. The third kappa shape index (κ3) is 5.15. The number of hydrogen-bond acceptors (Lipinski definition) is 4. The van der Waals surface area contributed by atoms with Gasteiger partial charge in [0.25, 0.3) is 0 Å². The first-order valence-corrected chi connectivity index (χ1v) is 9.05. The van der Waals surface area contributed by atoms with E-state index < -0.39 is 16.1 Å².